The summed E-state index contributed by atoms with van der Waals surface area (Å²) in [4.78, 5) is 12.2. The molecular weight excluding hydrogens is 352 g/mol. The minimum absolute atomic E-state index is 0.221. The zero-order valence-electron chi connectivity index (χ0n) is 11.2. The van der Waals surface area contributed by atoms with Crippen LogP contribution < -0.4 is 16.4 Å². The lowest BCUT2D eigenvalue weighted by molar-refractivity contribution is 0.0965. The van der Waals surface area contributed by atoms with E-state index in [4.69, 9.17) is 11.0 Å². The van der Waals surface area contributed by atoms with Crippen LogP contribution in [-0.4, -0.2) is 13.0 Å². The average molecular weight is 365 g/mol. The normalized spacial score (nSPS) is 9.95. The lowest BCUT2D eigenvalue weighted by Gasteiger charge is -2.07. The molecular formula is C14H13BrN4OS. The molecule has 0 spiro atoms. The number of halogens is 1. The van der Waals surface area contributed by atoms with Gasteiger partial charge in [-0.2, -0.15) is 5.26 Å². The van der Waals surface area contributed by atoms with E-state index in [0.717, 1.165) is 10.0 Å². The Hall–Kier alpha value is -2.04. The molecule has 5 nitrogen and oxygen atoms in total. The number of carbonyl (C=O) groups excluding carboxylic acids is 1. The molecule has 0 bridgehead atoms. The van der Waals surface area contributed by atoms with Crippen LogP contribution in [0.1, 0.15) is 20.8 Å². The molecule has 0 saturated heterocycles. The molecule has 108 valence electrons. The smallest absolute Gasteiger partial charge is 0.256 e. The van der Waals surface area contributed by atoms with Crippen molar-refractivity contribution in [3.8, 4) is 6.07 Å². The van der Waals surface area contributed by atoms with Gasteiger partial charge in [-0.25, -0.2) is 0 Å². The second-order valence-corrected chi connectivity index (χ2v) is 6.16. The van der Waals surface area contributed by atoms with E-state index in [1.807, 2.05) is 30.3 Å². The van der Waals surface area contributed by atoms with E-state index in [1.165, 1.54) is 18.4 Å². The predicted octanol–water partition coefficient (Wildman–Crippen LogP) is 2.94. The zero-order chi connectivity index (χ0) is 15.4. The molecule has 0 aliphatic heterocycles. The Morgan fingerprint density at radius 1 is 1.52 bits per heavy atom. The molecule has 2 rings (SSSR count). The number of hydrogen-bond acceptors (Lipinski definition) is 5. The topological polar surface area (TPSA) is 90.9 Å². The minimum Gasteiger partial charge on any atom is -0.396 e. The minimum atomic E-state index is -0.304. The zero-order valence-corrected chi connectivity index (χ0v) is 13.6. The van der Waals surface area contributed by atoms with Crippen molar-refractivity contribution in [2.75, 3.05) is 18.1 Å². The summed E-state index contributed by atoms with van der Waals surface area (Å²) in [7, 11) is 1.53. The van der Waals surface area contributed by atoms with E-state index in [9.17, 15) is 4.79 Å². The third-order valence-corrected chi connectivity index (χ3v) is 4.40. The van der Waals surface area contributed by atoms with Crippen LogP contribution in [0.5, 0.6) is 0 Å². The molecule has 21 heavy (non-hydrogen) atoms. The molecule has 1 heterocycles. The Balaban J connectivity index is 2.27. The highest BCUT2D eigenvalue weighted by atomic mass is 79.9. The summed E-state index contributed by atoms with van der Waals surface area (Å²) in [5.41, 5.74) is 7.47. The van der Waals surface area contributed by atoms with Gasteiger partial charge >= 0.3 is 0 Å². The lowest BCUT2D eigenvalue weighted by Crippen LogP contribution is -2.20. The van der Waals surface area contributed by atoms with Gasteiger partial charge in [0.15, 0.2) is 0 Å². The molecule has 2 aromatic rings. The first-order chi connectivity index (χ1) is 10.1. The number of thiophene rings is 1. The van der Waals surface area contributed by atoms with E-state index in [-0.39, 0.29) is 11.6 Å². The fraction of sp³-hybridized carbons (Fsp3) is 0.143. The maximum atomic E-state index is 11.9. The Labute approximate surface area is 134 Å². The third kappa shape index (κ3) is 3.35. The Kier molecular flexibility index (Phi) is 4.83. The molecule has 1 aromatic carbocycles. The molecule has 0 saturated carbocycles. The number of benzene rings is 1. The van der Waals surface area contributed by atoms with Crippen molar-refractivity contribution >= 4 is 43.9 Å². The predicted molar refractivity (Wildman–Crippen MR) is 88.3 cm³/mol. The summed E-state index contributed by atoms with van der Waals surface area (Å²) in [6, 6.07) is 9.84. The van der Waals surface area contributed by atoms with Crippen LogP contribution in [0, 0.1) is 11.3 Å². The van der Waals surface area contributed by atoms with Crippen LogP contribution in [0.2, 0.25) is 0 Å². The Morgan fingerprint density at radius 2 is 2.29 bits per heavy atom. The average Bonchev–Trinajstić information content (AvgIpc) is 2.80. The number of nitrogens with two attached hydrogens (primary N) is 1. The molecule has 0 unspecified atom stereocenters. The summed E-state index contributed by atoms with van der Waals surface area (Å²) < 4.78 is 0.983. The standard InChI is InChI=1S/C14H13BrN4OS/c1-18-13(20)11-12(17)10(6-16)21-14(11)19-7-8-3-2-4-9(15)5-8/h2-5,19H,7,17H2,1H3,(H,18,20). The highest BCUT2D eigenvalue weighted by Crippen LogP contribution is 2.35. The van der Waals surface area contributed by atoms with E-state index in [0.29, 0.717) is 22.0 Å². The van der Waals surface area contributed by atoms with Gasteiger partial charge in [-0.3, -0.25) is 4.79 Å². The van der Waals surface area contributed by atoms with Crippen LogP contribution in [0.15, 0.2) is 28.7 Å². The van der Waals surface area contributed by atoms with Gasteiger partial charge in [-0.15, -0.1) is 11.3 Å². The number of amides is 1. The SMILES string of the molecule is CNC(=O)c1c(NCc2cccc(Br)c2)sc(C#N)c1N. The van der Waals surface area contributed by atoms with E-state index < -0.39 is 0 Å². The molecule has 7 heteroatoms. The van der Waals surface area contributed by atoms with E-state index in [1.54, 1.807) is 0 Å². The van der Waals surface area contributed by atoms with Crippen molar-refractivity contribution in [1.29, 1.82) is 5.26 Å². The fourth-order valence-corrected chi connectivity index (χ4v) is 3.19. The maximum Gasteiger partial charge on any atom is 0.256 e. The van der Waals surface area contributed by atoms with Crippen LogP contribution in [0.4, 0.5) is 10.7 Å². The number of carbonyl (C=O) groups is 1. The van der Waals surface area contributed by atoms with Crippen LogP contribution in [0.3, 0.4) is 0 Å². The number of nitriles is 1. The van der Waals surface area contributed by atoms with Crippen LogP contribution in [-0.2, 0) is 6.54 Å². The van der Waals surface area contributed by atoms with E-state index in [2.05, 4.69) is 26.6 Å². The number of rotatable bonds is 4. The Morgan fingerprint density at radius 3 is 2.90 bits per heavy atom. The third-order valence-electron chi connectivity index (χ3n) is 2.84. The molecule has 0 aliphatic carbocycles. The highest BCUT2D eigenvalue weighted by Gasteiger charge is 2.21. The number of nitrogens with one attached hydrogen (secondary N) is 2. The first kappa shape index (κ1) is 15.4. The molecule has 0 atom stereocenters. The van der Waals surface area contributed by atoms with Gasteiger partial charge in [0.05, 0.1) is 11.3 Å². The van der Waals surface area contributed by atoms with Gasteiger partial charge in [-0.1, -0.05) is 28.1 Å². The van der Waals surface area contributed by atoms with Crippen molar-refractivity contribution in [1.82, 2.24) is 5.32 Å². The summed E-state index contributed by atoms with van der Waals surface area (Å²) in [5.74, 6) is -0.304. The molecule has 4 N–H and O–H groups in total. The fourth-order valence-electron chi connectivity index (χ4n) is 1.83. The van der Waals surface area contributed by atoms with Gasteiger partial charge < -0.3 is 16.4 Å². The van der Waals surface area contributed by atoms with Gasteiger partial charge in [0.1, 0.15) is 15.9 Å². The van der Waals surface area contributed by atoms with Crippen molar-refractivity contribution in [3.63, 3.8) is 0 Å². The van der Waals surface area contributed by atoms with E-state index >= 15 is 0 Å². The monoisotopic (exact) mass is 364 g/mol. The van der Waals surface area contributed by atoms with Gasteiger partial charge in [0, 0.05) is 18.1 Å². The highest BCUT2D eigenvalue weighted by molar-refractivity contribution is 9.10. The number of nitrogen functional groups attached to an aromatic ring is 1. The van der Waals surface area contributed by atoms with Crippen molar-refractivity contribution in [2.45, 2.75) is 6.54 Å². The van der Waals surface area contributed by atoms with Crippen LogP contribution in [0.25, 0.3) is 0 Å². The summed E-state index contributed by atoms with van der Waals surface area (Å²) in [6.45, 7) is 0.536. The second kappa shape index (κ2) is 6.61. The Bertz CT molecular complexity index is 720. The van der Waals surface area contributed by atoms with Gasteiger partial charge in [0.2, 0.25) is 0 Å². The van der Waals surface area contributed by atoms with Crippen molar-refractivity contribution in [2.24, 2.45) is 0 Å². The first-order valence-corrected chi connectivity index (χ1v) is 7.70. The van der Waals surface area contributed by atoms with Crippen molar-refractivity contribution < 1.29 is 4.79 Å². The largest absolute Gasteiger partial charge is 0.396 e. The molecule has 1 amide bonds. The molecule has 0 radical (unpaired) electrons. The lowest BCUT2D eigenvalue weighted by atomic mass is 10.2. The number of hydrogen-bond donors (Lipinski definition) is 3. The molecule has 1 aromatic heterocycles. The second-order valence-electron chi connectivity index (χ2n) is 4.22. The molecule has 0 fully saturated rings. The molecule has 0 aliphatic rings. The first-order valence-electron chi connectivity index (χ1n) is 6.09. The number of anilines is 2. The van der Waals surface area contributed by atoms with Crippen molar-refractivity contribution in [3.05, 3.63) is 44.7 Å². The quantitative estimate of drug-likeness (QED) is 0.777. The van der Waals surface area contributed by atoms with Gasteiger partial charge in [-0.05, 0) is 17.7 Å². The number of nitrogens with zero attached hydrogens (tertiary/aromatic N) is 1. The summed E-state index contributed by atoms with van der Waals surface area (Å²) in [6.07, 6.45) is 0. The van der Waals surface area contributed by atoms with Gasteiger partial charge in [0.25, 0.3) is 5.91 Å². The van der Waals surface area contributed by atoms with Crippen LogP contribution >= 0.6 is 27.3 Å². The maximum absolute atomic E-state index is 11.9. The summed E-state index contributed by atoms with van der Waals surface area (Å²) >= 11 is 4.60. The summed E-state index contributed by atoms with van der Waals surface area (Å²) in [5, 5.41) is 15.4.